The van der Waals surface area contributed by atoms with Crippen molar-refractivity contribution in [3.8, 4) is 33.4 Å². The zero-order chi connectivity index (χ0) is 45.2. The van der Waals surface area contributed by atoms with Gasteiger partial charge in [0.15, 0.2) is 0 Å². The van der Waals surface area contributed by atoms with Crippen molar-refractivity contribution in [3.63, 3.8) is 0 Å². The van der Waals surface area contributed by atoms with Crippen molar-refractivity contribution in [1.29, 1.82) is 0 Å². The first kappa shape index (κ1) is 41.0. The molecular formula is C65H56N2. The molecule has 5 unspecified atom stereocenters. The van der Waals surface area contributed by atoms with Crippen molar-refractivity contribution >= 4 is 33.9 Å². The van der Waals surface area contributed by atoms with E-state index in [0.717, 1.165) is 17.8 Å². The summed E-state index contributed by atoms with van der Waals surface area (Å²) in [5, 5.41) is 4.01. The number of hydrogen-bond donors (Lipinski definition) is 1. The summed E-state index contributed by atoms with van der Waals surface area (Å²) in [6.45, 7) is 9.36. The molecule has 12 rings (SSSR count). The molecule has 2 nitrogen and oxygen atoms in total. The van der Waals surface area contributed by atoms with Crippen molar-refractivity contribution in [1.82, 2.24) is 0 Å². The second-order valence-electron chi connectivity index (χ2n) is 19.7. The summed E-state index contributed by atoms with van der Waals surface area (Å²) in [5.41, 5.74) is 23.9. The number of para-hydroxylation sites is 1. The molecule has 0 radical (unpaired) electrons. The molecule has 0 saturated heterocycles. The maximum absolute atomic E-state index is 4.01. The largest absolute Gasteiger partial charge is 0.355 e. The van der Waals surface area contributed by atoms with Gasteiger partial charge >= 0.3 is 0 Å². The molecule has 8 aromatic carbocycles. The van der Waals surface area contributed by atoms with E-state index in [0.29, 0.717) is 11.8 Å². The second kappa shape index (κ2) is 16.5. The summed E-state index contributed by atoms with van der Waals surface area (Å²) < 4.78 is 0. The highest BCUT2D eigenvalue weighted by Crippen LogP contribution is 2.59. The van der Waals surface area contributed by atoms with E-state index in [1.807, 2.05) is 0 Å². The van der Waals surface area contributed by atoms with Gasteiger partial charge in [0.05, 0.1) is 11.5 Å². The minimum absolute atomic E-state index is 0.200. The first-order chi connectivity index (χ1) is 32.8. The Morgan fingerprint density at radius 3 is 1.96 bits per heavy atom. The molecule has 4 aliphatic rings. The Morgan fingerprint density at radius 1 is 0.537 bits per heavy atom. The van der Waals surface area contributed by atoms with Crippen molar-refractivity contribution in [2.75, 3.05) is 10.2 Å². The van der Waals surface area contributed by atoms with Gasteiger partial charge in [-0.15, -0.1) is 0 Å². The molecule has 0 fully saturated rings. The maximum atomic E-state index is 4.01. The van der Waals surface area contributed by atoms with E-state index in [2.05, 4.69) is 250 Å². The molecule has 3 aliphatic carbocycles. The van der Waals surface area contributed by atoms with Crippen LogP contribution in [-0.4, -0.2) is 6.04 Å². The molecule has 0 bridgehead atoms. The number of rotatable bonds is 8. The van der Waals surface area contributed by atoms with E-state index < -0.39 is 0 Å². The fraction of sp³-hybridized carbons (Fsp3) is 0.169. The molecule has 0 amide bonds. The zero-order valence-electron chi connectivity index (χ0n) is 38.9. The molecule has 0 spiro atoms. The van der Waals surface area contributed by atoms with Gasteiger partial charge in [-0.2, -0.15) is 0 Å². The lowest BCUT2D eigenvalue weighted by molar-refractivity contribution is 0.414. The molecule has 1 heterocycles. The summed E-state index contributed by atoms with van der Waals surface area (Å²) in [6.07, 6.45) is 9.88. The number of nitrogens with one attached hydrogen (secondary N) is 1. The summed E-state index contributed by atoms with van der Waals surface area (Å²) in [5.74, 6) is 1.41. The summed E-state index contributed by atoms with van der Waals surface area (Å²) in [7, 11) is 0. The van der Waals surface area contributed by atoms with Gasteiger partial charge in [-0.25, -0.2) is 0 Å². The van der Waals surface area contributed by atoms with Crippen LogP contribution in [0.2, 0.25) is 0 Å². The van der Waals surface area contributed by atoms with Crippen LogP contribution in [0, 0.1) is 24.7 Å². The lowest BCUT2D eigenvalue weighted by atomic mass is 9.63. The van der Waals surface area contributed by atoms with Crippen LogP contribution in [0.1, 0.15) is 67.0 Å². The van der Waals surface area contributed by atoms with Gasteiger partial charge in [0, 0.05) is 33.9 Å². The highest BCUT2D eigenvalue weighted by Gasteiger charge is 2.48. The predicted octanol–water partition coefficient (Wildman–Crippen LogP) is 17.0. The fourth-order valence-corrected chi connectivity index (χ4v) is 12.3. The highest BCUT2D eigenvalue weighted by molar-refractivity contribution is 6.00. The molecule has 5 atom stereocenters. The Bertz CT molecular complexity index is 3260. The molecule has 2 heteroatoms. The smallest absolute Gasteiger partial charge is 0.0674 e. The van der Waals surface area contributed by atoms with Gasteiger partial charge in [-0.05, 0) is 147 Å². The molecule has 0 saturated carbocycles. The zero-order valence-corrected chi connectivity index (χ0v) is 38.9. The number of fused-ring (bicyclic) bond motifs is 6. The Labute approximate surface area is 396 Å². The lowest BCUT2D eigenvalue weighted by Gasteiger charge is -2.40. The number of hydrogen-bond acceptors (Lipinski definition) is 2. The average molecular weight is 865 g/mol. The Hall–Kier alpha value is -7.42. The van der Waals surface area contributed by atoms with Crippen molar-refractivity contribution < 1.29 is 0 Å². The highest BCUT2D eigenvalue weighted by atomic mass is 15.2. The van der Waals surface area contributed by atoms with Crippen LogP contribution in [0.5, 0.6) is 0 Å². The molecule has 8 aromatic rings. The van der Waals surface area contributed by atoms with Crippen LogP contribution >= 0.6 is 0 Å². The van der Waals surface area contributed by atoms with E-state index in [9.17, 15) is 0 Å². The molecule has 67 heavy (non-hydrogen) atoms. The minimum Gasteiger partial charge on any atom is -0.355 e. The molecule has 1 N–H and O–H groups in total. The van der Waals surface area contributed by atoms with Crippen molar-refractivity contribution in [2.24, 2.45) is 17.8 Å². The van der Waals surface area contributed by atoms with Crippen LogP contribution < -0.4 is 10.2 Å². The van der Waals surface area contributed by atoms with Crippen LogP contribution in [0.3, 0.4) is 0 Å². The van der Waals surface area contributed by atoms with E-state index in [-0.39, 0.29) is 17.4 Å². The molecule has 326 valence electrons. The van der Waals surface area contributed by atoms with Gasteiger partial charge in [0.2, 0.25) is 0 Å². The monoisotopic (exact) mass is 864 g/mol. The fourth-order valence-electron chi connectivity index (χ4n) is 12.3. The number of nitrogens with zero attached hydrogens (tertiary/aromatic N) is 1. The average Bonchev–Trinajstić information content (AvgIpc) is 3.86. The van der Waals surface area contributed by atoms with Gasteiger partial charge in [0.1, 0.15) is 0 Å². The van der Waals surface area contributed by atoms with Crippen molar-refractivity contribution in [2.45, 2.75) is 52.0 Å². The van der Waals surface area contributed by atoms with Gasteiger partial charge in [-0.1, -0.05) is 196 Å². The topological polar surface area (TPSA) is 15.3 Å². The number of aryl methyl sites for hydroxylation is 1. The third-order valence-electron chi connectivity index (χ3n) is 15.1. The van der Waals surface area contributed by atoms with Crippen LogP contribution in [0.4, 0.5) is 22.7 Å². The Morgan fingerprint density at radius 2 is 1.19 bits per heavy atom. The van der Waals surface area contributed by atoms with E-state index in [1.165, 1.54) is 101 Å². The Kier molecular flexibility index (Phi) is 10.1. The second-order valence-corrected chi connectivity index (χ2v) is 19.7. The SMILES string of the molecule is Cc1ccc(-c2ccc(N3c4ccccc4C4=CC(c5ccc(Nc6ccc7c(c6)C(C6=CC(C)CC(C)C6)(c6ccccc6)c6ccccc6-7)c(-c6ccccc6)c5)=CC(C)C43)cc2)cc1. The number of benzene rings is 8. The summed E-state index contributed by atoms with van der Waals surface area (Å²) in [4.78, 5) is 2.56. The number of anilines is 4. The minimum atomic E-state index is -0.366. The van der Waals surface area contributed by atoms with E-state index in [1.54, 1.807) is 0 Å². The van der Waals surface area contributed by atoms with Crippen LogP contribution in [0.15, 0.2) is 218 Å². The first-order valence-corrected chi connectivity index (χ1v) is 24.3. The van der Waals surface area contributed by atoms with E-state index >= 15 is 0 Å². The standard InChI is InChI=1S/C65H56N2/c1-42-23-25-46(26-24-42)47-27-31-54(32-28-47)67-63-22-14-12-20-57(63)59-40-50(38-45(4)64(59)67)49-29-34-62(58(39-49)48-15-7-5-8-16-48)66-53-30-33-56-55-19-11-13-21-60(55)65(61(56)41-53,51-17-9-6-10-18-51)52-36-43(2)35-44(3)37-52/h5-34,36,38-41,43-45,64,66H,35,37H2,1-4H3. The van der Waals surface area contributed by atoms with Gasteiger partial charge in [-0.3, -0.25) is 0 Å². The number of allylic oxidation sites excluding steroid dienone is 4. The van der Waals surface area contributed by atoms with E-state index in [4.69, 9.17) is 0 Å². The van der Waals surface area contributed by atoms with Crippen LogP contribution in [0.25, 0.3) is 44.5 Å². The Balaban J connectivity index is 0.924. The third kappa shape index (κ3) is 6.92. The molecule has 1 aliphatic heterocycles. The van der Waals surface area contributed by atoms with Gasteiger partial charge < -0.3 is 10.2 Å². The predicted molar refractivity (Wildman–Crippen MR) is 283 cm³/mol. The van der Waals surface area contributed by atoms with Gasteiger partial charge in [0.25, 0.3) is 0 Å². The maximum Gasteiger partial charge on any atom is 0.0674 e. The normalized spacial score (nSPS) is 21.3. The van der Waals surface area contributed by atoms with Crippen molar-refractivity contribution in [3.05, 3.63) is 251 Å². The summed E-state index contributed by atoms with van der Waals surface area (Å²) in [6, 6.07) is 72.6. The summed E-state index contributed by atoms with van der Waals surface area (Å²) >= 11 is 0. The van der Waals surface area contributed by atoms with Crippen LogP contribution in [-0.2, 0) is 5.41 Å². The first-order valence-electron chi connectivity index (χ1n) is 24.3. The molecular weight excluding hydrogens is 809 g/mol. The quantitative estimate of drug-likeness (QED) is 0.153. The third-order valence-corrected chi connectivity index (χ3v) is 15.1. The molecule has 0 aromatic heterocycles. The lowest BCUT2D eigenvalue weighted by Crippen LogP contribution is -2.33.